The topological polar surface area (TPSA) is 37.4 Å². The number of para-hydroxylation sites is 1. The van der Waals surface area contributed by atoms with E-state index in [0.717, 1.165) is 4.90 Å². The second kappa shape index (κ2) is 5.59. The van der Waals surface area contributed by atoms with E-state index in [1.54, 1.807) is 18.2 Å². The highest BCUT2D eigenvalue weighted by Gasteiger charge is 2.42. The first-order chi connectivity index (χ1) is 10.4. The van der Waals surface area contributed by atoms with Crippen LogP contribution in [-0.2, 0) is 0 Å². The van der Waals surface area contributed by atoms with Gasteiger partial charge in [-0.25, -0.2) is 4.90 Å². The third kappa shape index (κ3) is 2.12. The van der Waals surface area contributed by atoms with Crippen LogP contribution in [0.3, 0.4) is 0 Å². The van der Waals surface area contributed by atoms with Crippen molar-refractivity contribution in [2.24, 2.45) is 0 Å². The van der Waals surface area contributed by atoms with Gasteiger partial charge in [0.05, 0.1) is 41.9 Å². The lowest BCUT2D eigenvalue weighted by Gasteiger charge is -2.15. The Morgan fingerprint density at radius 3 is 1.59 bits per heavy atom. The maximum absolute atomic E-state index is 12.6. The minimum Gasteiger partial charge on any atom is -0.268 e. The highest BCUT2D eigenvalue weighted by molar-refractivity contribution is 6.56. The van der Waals surface area contributed by atoms with Crippen molar-refractivity contribution in [3.63, 3.8) is 0 Å². The standard InChI is InChI=1S/C14H4Cl5NO2/c15-5-3-1-2-4-6(5)20-13(21)7-8(14(20)22)10(17)12(19)11(18)9(7)16/h1-4H. The summed E-state index contributed by atoms with van der Waals surface area (Å²) in [6, 6.07) is 6.42. The number of nitrogens with zero attached hydrogens (tertiary/aromatic N) is 1. The smallest absolute Gasteiger partial charge is 0.267 e. The van der Waals surface area contributed by atoms with Crippen LogP contribution in [0.4, 0.5) is 5.69 Å². The number of halogens is 5. The van der Waals surface area contributed by atoms with E-state index >= 15 is 0 Å². The van der Waals surface area contributed by atoms with Crippen molar-refractivity contribution in [1.82, 2.24) is 0 Å². The highest BCUT2D eigenvalue weighted by Crippen LogP contribution is 2.46. The van der Waals surface area contributed by atoms with E-state index in [0.29, 0.717) is 0 Å². The Hall–Kier alpha value is -0.970. The van der Waals surface area contributed by atoms with Gasteiger partial charge < -0.3 is 0 Å². The Kier molecular flexibility index (Phi) is 4.04. The second-order valence-electron chi connectivity index (χ2n) is 4.40. The van der Waals surface area contributed by atoms with Crippen molar-refractivity contribution in [2.45, 2.75) is 0 Å². The Morgan fingerprint density at radius 2 is 1.14 bits per heavy atom. The highest BCUT2D eigenvalue weighted by atomic mass is 35.5. The fraction of sp³-hybridized carbons (Fsp3) is 0. The fourth-order valence-electron chi connectivity index (χ4n) is 2.20. The number of hydrogen-bond donors (Lipinski definition) is 0. The number of rotatable bonds is 1. The van der Waals surface area contributed by atoms with Gasteiger partial charge in [0.25, 0.3) is 11.8 Å². The SMILES string of the molecule is O=C1c2c(Cl)c(Cl)c(Cl)c(Cl)c2C(=O)N1c1ccccc1Cl. The molecule has 22 heavy (non-hydrogen) atoms. The maximum Gasteiger partial charge on any atom is 0.267 e. The number of imide groups is 1. The molecule has 1 aliphatic rings. The summed E-state index contributed by atoms with van der Waals surface area (Å²) in [6.45, 7) is 0. The first kappa shape index (κ1) is 15.9. The number of carbonyl (C=O) groups is 2. The molecule has 0 radical (unpaired) electrons. The monoisotopic (exact) mass is 393 g/mol. The Labute approximate surface area is 150 Å². The zero-order valence-electron chi connectivity index (χ0n) is 10.5. The van der Waals surface area contributed by atoms with Crippen LogP contribution in [0.2, 0.25) is 25.1 Å². The molecule has 0 unspecified atom stereocenters. The zero-order valence-corrected chi connectivity index (χ0v) is 14.2. The first-order valence-corrected chi connectivity index (χ1v) is 7.74. The molecule has 0 atom stereocenters. The predicted octanol–water partition coefficient (Wildman–Crippen LogP) is 5.75. The molecule has 0 bridgehead atoms. The van der Waals surface area contributed by atoms with Crippen LogP contribution in [0.15, 0.2) is 24.3 Å². The Bertz CT molecular complexity index is 803. The van der Waals surface area contributed by atoms with Crippen molar-refractivity contribution in [3.05, 3.63) is 60.5 Å². The third-order valence-corrected chi connectivity index (χ3v) is 5.32. The van der Waals surface area contributed by atoms with E-state index in [9.17, 15) is 9.59 Å². The summed E-state index contributed by atoms with van der Waals surface area (Å²) < 4.78 is 0. The molecular formula is C14H4Cl5NO2. The molecule has 3 rings (SSSR count). The lowest BCUT2D eigenvalue weighted by Crippen LogP contribution is -2.29. The average Bonchev–Trinajstić information content (AvgIpc) is 2.75. The summed E-state index contributed by atoms with van der Waals surface area (Å²) >= 11 is 30.1. The zero-order chi connectivity index (χ0) is 16.2. The molecule has 0 saturated heterocycles. The van der Waals surface area contributed by atoms with Crippen LogP contribution >= 0.6 is 58.0 Å². The molecule has 0 aromatic heterocycles. The van der Waals surface area contributed by atoms with E-state index in [1.807, 2.05) is 0 Å². The first-order valence-electron chi connectivity index (χ1n) is 5.85. The summed E-state index contributed by atoms with van der Waals surface area (Å²) in [6.07, 6.45) is 0. The number of benzene rings is 2. The van der Waals surface area contributed by atoms with Crippen LogP contribution in [0.25, 0.3) is 0 Å². The molecule has 0 saturated carbocycles. The van der Waals surface area contributed by atoms with Crippen molar-refractivity contribution in [2.75, 3.05) is 4.90 Å². The van der Waals surface area contributed by atoms with Crippen molar-refractivity contribution >= 4 is 75.5 Å². The van der Waals surface area contributed by atoms with Crippen molar-refractivity contribution < 1.29 is 9.59 Å². The summed E-state index contributed by atoms with van der Waals surface area (Å²) in [7, 11) is 0. The van der Waals surface area contributed by atoms with Gasteiger partial charge in [0.15, 0.2) is 0 Å². The molecule has 2 aromatic rings. The molecule has 112 valence electrons. The Morgan fingerprint density at radius 1 is 0.682 bits per heavy atom. The minimum absolute atomic E-state index is 0.0748. The largest absolute Gasteiger partial charge is 0.268 e. The van der Waals surface area contributed by atoms with Crippen molar-refractivity contribution in [3.8, 4) is 0 Å². The second-order valence-corrected chi connectivity index (χ2v) is 6.32. The molecule has 0 N–H and O–H groups in total. The molecule has 2 amide bonds. The number of fused-ring (bicyclic) bond motifs is 1. The molecule has 1 heterocycles. The van der Waals surface area contributed by atoms with Crippen molar-refractivity contribution in [1.29, 1.82) is 0 Å². The van der Waals surface area contributed by atoms with Crippen LogP contribution in [-0.4, -0.2) is 11.8 Å². The molecule has 0 fully saturated rings. The molecular weight excluding hydrogens is 391 g/mol. The van der Waals surface area contributed by atoms with Gasteiger partial charge in [-0.05, 0) is 12.1 Å². The molecule has 8 heteroatoms. The normalized spacial score (nSPS) is 13.8. The fourth-order valence-corrected chi connectivity index (χ4v) is 3.44. The molecule has 0 aliphatic carbocycles. The summed E-state index contributed by atoms with van der Waals surface area (Å²) in [5.74, 6) is -1.31. The van der Waals surface area contributed by atoms with E-state index in [2.05, 4.69) is 0 Å². The van der Waals surface area contributed by atoms with Crippen LogP contribution < -0.4 is 4.90 Å². The lowest BCUT2D eigenvalue weighted by molar-refractivity contribution is 0.0926. The number of hydrogen-bond acceptors (Lipinski definition) is 2. The van der Waals surface area contributed by atoms with Gasteiger partial charge in [-0.3, -0.25) is 9.59 Å². The number of amides is 2. The van der Waals surface area contributed by atoms with Crippen LogP contribution in [0.1, 0.15) is 20.7 Å². The Balaban J connectivity index is 2.29. The average molecular weight is 395 g/mol. The van der Waals surface area contributed by atoms with E-state index in [4.69, 9.17) is 58.0 Å². The van der Waals surface area contributed by atoms with E-state index in [-0.39, 0.29) is 41.9 Å². The van der Waals surface area contributed by atoms with Gasteiger partial charge in [-0.1, -0.05) is 70.1 Å². The summed E-state index contributed by atoms with van der Waals surface area (Å²) in [5, 5.41) is -0.136. The van der Waals surface area contributed by atoms with Gasteiger partial charge >= 0.3 is 0 Å². The van der Waals surface area contributed by atoms with E-state index < -0.39 is 11.8 Å². The van der Waals surface area contributed by atoms with Gasteiger partial charge in [-0.2, -0.15) is 0 Å². The summed E-state index contributed by atoms with van der Waals surface area (Å²) in [5.41, 5.74) is 0.0757. The molecule has 0 spiro atoms. The third-order valence-electron chi connectivity index (χ3n) is 3.19. The van der Waals surface area contributed by atoms with Gasteiger partial charge in [0, 0.05) is 0 Å². The molecule has 1 aliphatic heterocycles. The molecule has 3 nitrogen and oxygen atoms in total. The number of anilines is 1. The quantitative estimate of drug-likeness (QED) is 0.350. The predicted molar refractivity (Wildman–Crippen MR) is 89.1 cm³/mol. The minimum atomic E-state index is -0.654. The van der Waals surface area contributed by atoms with Crippen LogP contribution in [0.5, 0.6) is 0 Å². The summed E-state index contributed by atoms with van der Waals surface area (Å²) in [4.78, 5) is 26.1. The molecule has 2 aromatic carbocycles. The van der Waals surface area contributed by atoms with Gasteiger partial charge in [0.1, 0.15) is 0 Å². The maximum atomic E-state index is 12.6. The number of carbonyl (C=O) groups excluding carboxylic acids is 2. The van der Waals surface area contributed by atoms with Gasteiger partial charge in [-0.15, -0.1) is 0 Å². The van der Waals surface area contributed by atoms with E-state index in [1.165, 1.54) is 6.07 Å². The lowest BCUT2D eigenvalue weighted by atomic mass is 10.1. The van der Waals surface area contributed by atoms with Gasteiger partial charge in [0.2, 0.25) is 0 Å². The van der Waals surface area contributed by atoms with Crippen LogP contribution in [0, 0.1) is 0 Å².